The number of pyridine rings is 1. The molecule has 1 rings (SSSR count). The molecular weight excluding hydrogens is 250 g/mol. The van der Waals surface area contributed by atoms with E-state index in [1.54, 1.807) is 0 Å². The number of rotatable bonds is 4. The fourth-order valence-electron chi connectivity index (χ4n) is 1.52. The van der Waals surface area contributed by atoms with Gasteiger partial charge in [0, 0.05) is 11.1 Å². The highest BCUT2D eigenvalue weighted by molar-refractivity contribution is 5.73. The predicted octanol–water partition coefficient (Wildman–Crippen LogP) is 1.95. The summed E-state index contributed by atoms with van der Waals surface area (Å²) < 4.78 is 30.1. The first kappa shape index (κ1) is 13.9. The first-order chi connectivity index (χ1) is 8.38. The van der Waals surface area contributed by atoms with Crippen LogP contribution < -0.4 is 0 Å². The zero-order valence-corrected chi connectivity index (χ0v) is 9.65. The molecule has 0 saturated carbocycles. The van der Waals surface area contributed by atoms with Gasteiger partial charge in [-0.15, -0.1) is 0 Å². The van der Waals surface area contributed by atoms with E-state index in [2.05, 4.69) is 9.72 Å². The van der Waals surface area contributed by atoms with Gasteiger partial charge in [-0.1, -0.05) is 0 Å². The van der Waals surface area contributed by atoms with Crippen molar-refractivity contribution < 1.29 is 23.2 Å². The summed E-state index contributed by atoms with van der Waals surface area (Å²) in [4.78, 5) is 24.3. The number of halogens is 2. The third-order valence-corrected chi connectivity index (χ3v) is 2.38. The maximum atomic E-state index is 12.9. The quantitative estimate of drug-likeness (QED) is 0.469. The molecule has 1 aromatic heterocycles. The van der Waals surface area contributed by atoms with Gasteiger partial charge in [0.2, 0.25) is 0 Å². The maximum Gasteiger partial charge on any atom is 0.366 e. The summed E-state index contributed by atoms with van der Waals surface area (Å²) in [6.07, 6.45) is -2.42. The fourth-order valence-corrected chi connectivity index (χ4v) is 1.52. The molecule has 0 spiro atoms. The number of esters is 1. The summed E-state index contributed by atoms with van der Waals surface area (Å²) in [5.74, 6) is -1.36. The lowest BCUT2D eigenvalue weighted by Crippen LogP contribution is -2.10. The Morgan fingerprint density at radius 2 is 2.22 bits per heavy atom. The monoisotopic (exact) mass is 260 g/mol. The summed E-state index contributed by atoms with van der Waals surface area (Å²) >= 11 is 0. The van der Waals surface area contributed by atoms with E-state index in [0.29, 0.717) is 0 Å². The molecule has 1 heterocycles. The van der Waals surface area contributed by atoms with Crippen LogP contribution in [0, 0.1) is 17.0 Å². The average molecular weight is 260 g/mol. The Balaban J connectivity index is 3.32. The molecule has 18 heavy (non-hydrogen) atoms. The third-order valence-electron chi connectivity index (χ3n) is 2.38. The van der Waals surface area contributed by atoms with Gasteiger partial charge >= 0.3 is 11.8 Å². The predicted molar refractivity (Wildman–Crippen MR) is 56.3 cm³/mol. The van der Waals surface area contributed by atoms with Crippen LogP contribution in [0.5, 0.6) is 0 Å². The molecule has 0 saturated heterocycles. The second-order valence-electron chi connectivity index (χ2n) is 3.46. The van der Waals surface area contributed by atoms with Crippen molar-refractivity contribution in [2.75, 3.05) is 7.11 Å². The highest BCUT2D eigenvalue weighted by Gasteiger charge is 2.26. The molecule has 98 valence electrons. The summed E-state index contributed by atoms with van der Waals surface area (Å²) in [6, 6.07) is 0. The highest BCUT2D eigenvalue weighted by atomic mass is 19.3. The van der Waals surface area contributed by atoms with Crippen molar-refractivity contribution in [2.24, 2.45) is 0 Å². The van der Waals surface area contributed by atoms with Crippen LogP contribution in [0.15, 0.2) is 6.20 Å². The standard InChI is InChI=1S/C10H10F2N2O4/c1-5-8(9(11)12)6(3-7(15)18-2)4-13-10(5)14(16)17/h4,9H,3H2,1-2H3. The van der Waals surface area contributed by atoms with Crippen LogP contribution in [0.3, 0.4) is 0 Å². The average Bonchev–Trinajstić information content (AvgIpc) is 2.27. The summed E-state index contributed by atoms with van der Waals surface area (Å²) in [5, 5.41) is 10.6. The Labute approximate surface area is 101 Å². The molecular formula is C10H10F2N2O4. The number of ether oxygens (including phenoxy) is 1. The highest BCUT2D eigenvalue weighted by Crippen LogP contribution is 2.30. The van der Waals surface area contributed by atoms with E-state index in [4.69, 9.17) is 0 Å². The zero-order valence-electron chi connectivity index (χ0n) is 9.65. The second kappa shape index (κ2) is 5.48. The summed E-state index contributed by atoms with van der Waals surface area (Å²) in [5.41, 5.74) is -0.849. The van der Waals surface area contributed by atoms with Crippen molar-refractivity contribution in [3.8, 4) is 0 Å². The summed E-state index contributed by atoms with van der Waals surface area (Å²) in [7, 11) is 1.12. The van der Waals surface area contributed by atoms with Gasteiger partial charge in [-0.05, 0) is 16.8 Å². The van der Waals surface area contributed by atoms with Gasteiger partial charge < -0.3 is 14.9 Å². The molecule has 1 aromatic rings. The normalized spacial score (nSPS) is 10.5. The molecule has 8 heteroatoms. The third kappa shape index (κ3) is 2.76. The second-order valence-corrected chi connectivity index (χ2v) is 3.46. The van der Waals surface area contributed by atoms with E-state index in [1.165, 1.54) is 6.92 Å². The Morgan fingerprint density at radius 3 is 2.67 bits per heavy atom. The molecule has 0 aliphatic rings. The zero-order chi connectivity index (χ0) is 13.9. The van der Waals surface area contributed by atoms with Crippen LogP contribution in [0.1, 0.15) is 23.1 Å². The van der Waals surface area contributed by atoms with Crippen molar-refractivity contribution in [1.82, 2.24) is 4.98 Å². The molecule has 0 aliphatic heterocycles. The van der Waals surface area contributed by atoms with Gasteiger partial charge in [0.25, 0.3) is 6.43 Å². The van der Waals surface area contributed by atoms with E-state index in [1.807, 2.05) is 0 Å². The molecule has 0 aromatic carbocycles. The lowest BCUT2D eigenvalue weighted by atomic mass is 10.0. The Morgan fingerprint density at radius 1 is 1.61 bits per heavy atom. The van der Waals surface area contributed by atoms with Crippen molar-refractivity contribution >= 4 is 11.8 Å². The Kier molecular flexibility index (Phi) is 4.24. The number of carbonyl (C=O) groups excluding carboxylic acids is 1. The minimum Gasteiger partial charge on any atom is -0.469 e. The van der Waals surface area contributed by atoms with Crippen molar-refractivity contribution in [1.29, 1.82) is 0 Å². The van der Waals surface area contributed by atoms with Crippen molar-refractivity contribution in [2.45, 2.75) is 19.8 Å². The minimum absolute atomic E-state index is 0.0695. The van der Waals surface area contributed by atoms with Gasteiger partial charge in [0.05, 0.1) is 19.1 Å². The van der Waals surface area contributed by atoms with E-state index >= 15 is 0 Å². The summed E-state index contributed by atoms with van der Waals surface area (Å²) in [6.45, 7) is 1.17. The van der Waals surface area contributed by atoms with Crippen LogP contribution in [0.25, 0.3) is 0 Å². The van der Waals surface area contributed by atoms with Gasteiger partial charge in [0.15, 0.2) is 0 Å². The number of hydrogen-bond acceptors (Lipinski definition) is 5. The van der Waals surface area contributed by atoms with Crippen molar-refractivity contribution in [3.05, 3.63) is 33.0 Å². The van der Waals surface area contributed by atoms with E-state index in [0.717, 1.165) is 13.3 Å². The number of hydrogen-bond donors (Lipinski definition) is 0. The van der Waals surface area contributed by atoms with Gasteiger partial charge in [0.1, 0.15) is 6.20 Å². The van der Waals surface area contributed by atoms with Crippen LogP contribution in [-0.4, -0.2) is 23.0 Å². The van der Waals surface area contributed by atoms with Crippen LogP contribution in [0.4, 0.5) is 14.6 Å². The molecule has 0 N–H and O–H groups in total. The van der Waals surface area contributed by atoms with Crippen LogP contribution >= 0.6 is 0 Å². The van der Waals surface area contributed by atoms with Crippen LogP contribution in [-0.2, 0) is 16.0 Å². The Bertz CT molecular complexity index is 491. The molecule has 0 fully saturated rings. The molecule has 0 amide bonds. The molecule has 6 nitrogen and oxygen atoms in total. The first-order valence-corrected chi connectivity index (χ1v) is 4.86. The Hall–Kier alpha value is -2.12. The number of aromatic nitrogens is 1. The lowest BCUT2D eigenvalue weighted by Gasteiger charge is -2.09. The van der Waals surface area contributed by atoms with Gasteiger partial charge in [-0.25, -0.2) is 8.78 Å². The van der Waals surface area contributed by atoms with E-state index < -0.39 is 35.1 Å². The number of carbonyl (C=O) groups is 1. The molecule has 0 unspecified atom stereocenters. The molecule has 0 bridgehead atoms. The van der Waals surface area contributed by atoms with E-state index in [-0.39, 0.29) is 11.1 Å². The number of methoxy groups -OCH3 is 1. The molecule has 0 atom stereocenters. The number of alkyl halides is 2. The van der Waals surface area contributed by atoms with Gasteiger partial charge in [-0.3, -0.25) is 4.79 Å². The first-order valence-electron chi connectivity index (χ1n) is 4.86. The number of nitro groups is 1. The smallest absolute Gasteiger partial charge is 0.366 e. The maximum absolute atomic E-state index is 12.9. The van der Waals surface area contributed by atoms with Crippen molar-refractivity contribution in [3.63, 3.8) is 0 Å². The molecule has 0 radical (unpaired) electrons. The number of nitrogens with zero attached hydrogens (tertiary/aromatic N) is 2. The topological polar surface area (TPSA) is 82.3 Å². The van der Waals surface area contributed by atoms with Gasteiger partial charge in [-0.2, -0.15) is 0 Å². The SMILES string of the molecule is COC(=O)Cc1cnc([N+](=O)[O-])c(C)c1C(F)F. The largest absolute Gasteiger partial charge is 0.469 e. The fraction of sp³-hybridized carbons (Fsp3) is 0.400. The molecule has 0 aliphatic carbocycles. The van der Waals surface area contributed by atoms with Crippen LogP contribution in [0.2, 0.25) is 0 Å². The van der Waals surface area contributed by atoms with E-state index in [9.17, 15) is 23.7 Å². The minimum atomic E-state index is -2.92. The lowest BCUT2D eigenvalue weighted by molar-refractivity contribution is -0.390.